The number of halogens is 1. The third kappa shape index (κ3) is 3.56. The van der Waals surface area contributed by atoms with Crippen molar-refractivity contribution in [1.29, 1.82) is 0 Å². The second-order valence-corrected chi connectivity index (χ2v) is 7.06. The summed E-state index contributed by atoms with van der Waals surface area (Å²) in [6.07, 6.45) is 7.34. The highest BCUT2D eigenvalue weighted by Gasteiger charge is 2.40. The van der Waals surface area contributed by atoms with E-state index in [1.54, 1.807) is 12.5 Å². The van der Waals surface area contributed by atoms with E-state index in [1.807, 2.05) is 35.0 Å². The Kier molecular flexibility index (Phi) is 5.09. The molecule has 0 amide bonds. The van der Waals surface area contributed by atoms with Crippen LogP contribution in [0.3, 0.4) is 0 Å². The van der Waals surface area contributed by atoms with Crippen molar-refractivity contribution in [2.75, 3.05) is 13.1 Å². The molecule has 1 saturated heterocycles. The molecule has 3 rings (SSSR count). The molecule has 0 unspecified atom stereocenters. The van der Waals surface area contributed by atoms with E-state index >= 15 is 0 Å². The molecule has 2 aromatic rings. The number of imidazole rings is 1. The summed E-state index contributed by atoms with van der Waals surface area (Å²) < 4.78 is 1.92. The van der Waals surface area contributed by atoms with Crippen LogP contribution in [-0.2, 0) is 12.1 Å². The lowest BCUT2D eigenvalue weighted by Crippen LogP contribution is -2.52. The number of aromatic nitrogens is 2. The standard InChI is InChI=1S/C19H24ClN3O/c1-15-7-10-23(11-8-15)16(2)19(24,13-22-12-9-21-14-22)17-3-5-18(20)6-4-17/h3-6,9,12,14,16,24H,1,7-8,10-11,13H2,2H3/t16-,19-/m1/s1. The number of rotatable bonds is 5. The lowest BCUT2D eigenvalue weighted by Gasteiger charge is -2.43. The predicted octanol–water partition coefficient (Wildman–Crippen LogP) is 3.46. The highest BCUT2D eigenvalue weighted by atomic mass is 35.5. The van der Waals surface area contributed by atoms with Crippen molar-refractivity contribution in [3.63, 3.8) is 0 Å². The number of hydrogen-bond acceptors (Lipinski definition) is 3. The van der Waals surface area contributed by atoms with E-state index in [1.165, 1.54) is 5.57 Å². The van der Waals surface area contributed by atoms with Crippen LogP contribution < -0.4 is 0 Å². The molecule has 0 bridgehead atoms. The predicted molar refractivity (Wildman–Crippen MR) is 97.0 cm³/mol. The molecule has 0 saturated carbocycles. The fourth-order valence-corrected chi connectivity index (χ4v) is 3.52. The summed E-state index contributed by atoms with van der Waals surface area (Å²) in [5.74, 6) is 0. The van der Waals surface area contributed by atoms with Gasteiger partial charge in [0.15, 0.2) is 0 Å². The second-order valence-electron chi connectivity index (χ2n) is 6.63. The van der Waals surface area contributed by atoms with Gasteiger partial charge in [-0.1, -0.05) is 35.9 Å². The van der Waals surface area contributed by atoms with Gasteiger partial charge in [0.05, 0.1) is 12.9 Å². The van der Waals surface area contributed by atoms with E-state index in [9.17, 15) is 5.11 Å². The Morgan fingerprint density at radius 1 is 1.29 bits per heavy atom. The van der Waals surface area contributed by atoms with Gasteiger partial charge in [-0.15, -0.1) is 0 Å². The topological polar surface area (TPSA) is 41.3 Å². The molecular formula is C19H24ClN3O. The maximum Gasteiger partial charge on any atom is 0.123 e. The largest absolute Gasteiger partial charge is 0.382 e. The fraction of sp³-hybridized carbons (Fsp3) is 0.421. The summed E-state index contributed by atoms with van der Waals surface area (Å²) in [7, 11) is 0. The first kappa shape index (κ1) is 17.2. The molecule has 1 aromatic heterocycles. The average molecular weight is 346 g/mol. The average Bonchev–Trinajstić information content (AvgIpc) is 3.08. The Labute approximate surface area is 148 Å². The van der Waals surface area contributed by atoms with Gasteiger partial charge in [-0.05, 0) is 37.5 Å². The van der Waals surface area contributed by atoms with Crippen molar-refractivity contribution >= 4 is 11.6 Å². The van der Waals surface area contributed by atoms with E-state index in [0.717, 1.165) is 31.5 Å². The van der Waals surface area contributed by atoms with Crippen molar-refractivity contribution in [1.82, 2.24) is 14.5 Å². The zero-order valence-electron chi connectivity index (χ0n) is 14.0. The van der Waals surface area contributed by atoms with Crippen molar-refractivity contribution in [3.8, 4) is 0 Å². The van der Waals surface area contributed by atoms with Crippen LogP contribution in [0.4, 0.5) is 0 Å². The van der Waals surface area contributed by atoms with E-state index in [2.05, 4.69) is 23.4 Å². The normalized spacial score (nSPS) is 19.9. The van der Waals surface area contributed by atoms with Crippen LogP contribution in [0.1, 0.15) is 25.3 Å². The maximum absolute atomic E-state index is 11.7. The lowest BCUT2D eigenvalue weighted by atomic mass is 9.85. The molecule has 1 N–H and O–H groups in total. The highest BCUT2D eigenvalue weighted by Crippen LogP contribution is 2.33. The Morgan fingerprint density at radius 3 is 2.54 bits per heavy atom. The number of likely N-dealkylation sites (tertiary alicyclic amines) is 1. The van der Waals surface area contributed by atoms with Crippen LogP contribution in [0.5, 0.6) is 0 Å². The number of nitrogens with zero attached hydrogens (tertiary/aromatic N) is 3. The van der Waals surface area contributed by atoms with Crippen molar-refractivity contribution in [2.24, 2.45) is 0 Å². The molecular weight excluding hydrogens is 322 g/mol. The van der Waals surface area contributed by atoms with E-state index in [0.29, 0.717) is 11.6 Å². The minimum Gasteiger partial charge on any atom is -0.382 e. The van der Waals surface area contributed by atoms with Crippen LogP contribution in [0.2, 0.25) is 5.02 Å². The van der Waals surface area contributed by atoms with Gasteiger partial charge in [-0.25, -0.2) is 4.98 Å². The zero-order chi connectivity index (χ0) is 17.2. The van der Waals surface area contributed by atoms with Crippen molar-refractivity contribution in [2.45, 2.75) is 38.0 Å². The van der Waals surface area contributed by atoms with Gasteiger partial charge in [-0.2, -0.15) is 0 Å². The summed E-state index contributed by atoms with van der Waals surface area (Å²) in [4.78, 5) is 6.45. The molecule has 2 atom stereocenters. The molecule has 2 heterocycles. The number of aliphatic hydroxyl groups is 1. The Balaban J connectivity index is 1.91. The van der Waals surface area contributed by atoms with Gasteiger partial charge >= 0.3 is 0 Å². The van der Waals surface area contributed by atoms with Crippen molar-refractivity contribution < 1.29 is 5.11 Å². The minimum absolute atomic E-state index is 0.0332. The molecule has 4 nitrogen and oxygen atoms in total. The SMILES string of the molecule is C=C1CCN([C@H](C)[C@](O)(Cn2ccnc2)c2ccc(Cl)cc2)CC1. The maximum atomic E-state index is 11.7. The molecule has 128 valence electrons. The molecule has 0 aliphatic carbocycles. The van der Waals surface area contributed by atoms with E-state index in [-0.39, 0.29) is 6.04 Å². The molecule has 1 aliphatic heterocycles. The van der Waals surface area contributed by atoms with Gasteiger partial charge < -0.3 is 9.67 Å². The summed E-state index contributed by atoms with van der Waals surface area (Å²) in [5.41, 5.74) is 1.14. The second kappa shape index (κ2) is 7.09. The minimum atomic E-state index is -1.02. The summed E-state index contributed by atoms with van der Waals surface area (Å²) in [5, 5.41) is 12.3. The lowest BCUT2D eigenvalue weighted by molar-refractivity contribution is -0.0612. The third-order valence-corrected chi connectivity index (χ3v) is 5.32. The molecule has 0 radical (unpaired) electrons. The molecule has 1 aromatic carbocycles. The summed E-state index contributed by atoms with van der Waals surface area (Å²) in [6.45, 7) is 8.49. The van der Waals surface area contributed by atoms with E-state index in [4.69, 9.17) is 11.6 Å². The first-order chi connectivity index (χ1) is 11.5. The van der Waals surface area contributed by atoms with Gasteiger partial charge in [-0.3, -0.25) is 4.90 Å². The van der Waals surface area contributed by atoms with Gasteiger partial charge in [0, 0.05) is 36.5 Å². The molecule has 1 aliphatic rings. The summed E-state index contributed by atoms with van der Waals surface area (Å²) >= 11 is 6.03. The molecule has 0 spiro atoms. The van der Waals surface area contributed by atoms with Gasteiger partial charge in [0.2, 0.25) is 0 Å². The first-order valence-electron chi connectivity index (χ1n) is 8.34. The summed E-state index contributed by atoms with van der Waals surface area (Å²) in [6, 6.07) is 7.47. The monoisotopic (exact) mass is 345 g/mol. The van der Waals surface area contributed by atoms with E-state index < -0.39 is 5.60 Å². The molecule has 1 fully saturated rings. The van der Waals surface area contributed by atoms with Gasteiger partial charge in [0.25, 0.3) is 0 Å². The number of benzene rings is 1. The number of hydrogen-bond donors (Lipinski definition) is 1. The van der Waals surface area contributed by atoms with Crippen LogP contribution >= 0.6 is 11.6 Å². The third-order valence-electron chi connectivity index (χ3n) is 5.07. The first-order valence-corrected chi connectivity index (χ1v) is 8.72. The van der Waals surface area contributed by atoms with Gasteiger partial charge in [0.1, 0.15) is 5.60 Å². The zero-order valence-corrected chi connectivity index (χ0v) is 14.8. The quantitative estimate of drug-likeness (QED) is 0.844. The Hall–Kier alpha value is -1.62. The molecule has 24 heavy (non-hydrogen) atoms. The van der Waals surface area contributed by atoms with Crippen LogP contribution in [0.15, 0.2) is 55.1 Å². The Morgan fingerprint density at radius 2 is 1.96 bits per heavy atom. The Bertz CT molecular complexity index is 673. The number of piperidine rings is 1. The molecule has 5 heteroatoms. The van der Waals surface area contributed by atoms with Crippen LogP contribution in [-0.4, -0.2) is 38.7 Å². The smallest absolute Gasteiger partial charge is 0.123 e. The van der Waals surface area contributed by atoms with Crippen LogP contribution in [0.25, 0.3) is 0 Å². The van der Waals surface area contributed by atoms with Crippen molar-refractivity contribution in [3.05, 3.63) is 65.7 Å². The fourth-order valence-electron chi connectivity index (χ4n) is 3.39. The van der Waals surface area contributed by atoms with Crippen LogP contribution in [0, 0.1) is 0 Å². The highest BCUT2D eigenvalue weighted by molar-refractivity contribution is 6.30.